The Morgan fingerprint density at radius 1 is 1.04 bits per heavy atom. The zero-order valence-corrected chi connectivity index (χ0v) is 14.1. The van der Waals surface area contributed by atoms with Crippen LogP contribution in [0.15, 0.2) is 72.8 Å². The molecule has 0 atom stereocenters. The molecule has 1 amide bonds. The fraction of sp³-hybridized carbons (Fsp3) is 0.0500. The highest BCUT2D eigenvalue weighted by atomic mass is 19.1. The fourth-order valence-electron chi connectivity index (χ4n) is 2.41. The second kappa shape index (κ2) is 8.09. The van der Waals surface area contributed by atoms with Gasteiger partial charge >= 0.3 is 0 Å². The third-order valence-electron chi connectivity index (χ3n) is 3.74. The van der Waals surface area contributed by atoms with Crippen molar-refractivity contribution in [3.63, 3.8) is 0 Å². The summed E-state index contributed by atoms with van der Waals surface area (Å²) in [6, 6.07) is 19.0. The number of carbonyl (C=O) groups excluding carboxylic acids is 1. The Bertz CT molecular complexity index is 977. The molecule has 27 heavy (non-hydrogen) atoms. The molecule has 0 spiro atoms. The Balaban J connectivity index is 1.67. The van der Waals surface area contributed by atoms with Crippen LogP contribution in [0, 0.1) is 15.9 Å². The predicted molar refractivity (Wildman–Crippen MR) is 98.2 cm³/mol. The van der Waals surface area contributed by atoms with Crippen LogP contribution in [0.4, 0.5) is 15.8 Å². The summed E-state index contributed by atoms with van der Waals surface area (Å²) >= 11 is 0. The molecule has 0 radical (unpaired) electrons. The number of nitrogens with zero attached hydrogens (tertiary/aromatic N) is 1. The minimum Gasteiger partial charge on any atom is -0.486 e. The highest BCUT2D eigenvalue weighted by Crippen LogP contribution is 2.23. The number of halogens is 1. The molecule has 7 heteroatoms. The van der Waals surface area contributed by atoms with Crippen molar-refractivity contribution in [3.05, 3.63) is 99.9 Å². The van der Waals surface area contributed by atoms with Crippen molar-refractivity contribution in [2.45, 2.75) is 6.61 Å². The SMILES string of the molecule is O=C(Nc1ccccc1)c1cccc(COc2ccc([N+](=O)[O-])cc2F)c1. The number of benzene rings is 3. The van der Waals surface area contributed by atoms with E-state index in [1.54, 1.807) is 36.4 Å². The van der Waals surface area contributed by atoms with Crippen molar-refractivity contribution in [1.82, 2.24) is 0 Å². The zero-order valence-electron chi connectivity index (χ0n) is 14.1. The largest absolute Gasteiger partial charge is 0.486 e. The van der Waals surface area contributed by atoms with Gasteiger partial charge in [-0.05, 0) is 35.9 Å². The first-order chi connectivity index (χ1) is 13.0. The number of nitrogens with one attached hydrogen (secondary N) is 1. The number of nitro groups is 1. The lowest BCUT2D eigenvalue weighted by molar-refractivity contribution is -0.385. The first-order valence-electron chi connectivity index (χ1n) is 8.05. The van der Waals surface area contributed by atoms with Crippen molar-refractivity contribution in [1.29, 1.82) is 0 Å². The van der Waals surface area contributed by atoms with Crippen LogP contribution in [0.3, 0.4) is 0 Å². The van der Waals surface area contributed by atoms with E-state index in [2.05, 4.69) is 5.32 Å². The van der Waals surface area contributed by atoms with Gasteiger partial charge in [-0.3, -0.25) is 14.9 Å². The summed E-state index contributed by atoms with van der Waals surface area (Å²) in [5.74, 6) is -1.19. The first-order valence-corrected chi connectivity index (χ1v) is 8.05. The summed E-state index contributed by atoms with van der Waals surface area (Å²) in [6.07, 6.45) is 0. The zero-order chi connectivity index (χ0) is 19.2. The number of hydrogen-bond acceptors (Lipinski definition) is 4. The lowest BCUT2D eigenvalue weighted by Gasteiger charge is -2.09. The van der Waals surface area contributed by atoms with Crippen molar-refractivity contribution >= 4 is 17.3 Å². The van der Waals surface area contributed by atoms with Gasteiger partial charge in [-0.1, -0.05) is 30.3 Å². The van der Waals surface area contributed by atoms with Crippen molar-refractivity contribution in [2.24, 2.45) is 0 Å². The summed E-state index contributed by atoms with van der Waals surface area (Å²) in [4.78, 5) is 22.3. The summed E-state index contributed by atoms with van der Waals surface area (Å²) in [5, 5.41) is 13.4. The van der Waals surface area contributed by atoms with Crippen molar-refractivity contribution in [3.8, 4) is 5.75 Å². The molecule has 3 rings (SSSR count). The van der Waals surface area contributed by atoms with Gasteiger partial charge in [-0.2, -0.15) is 0 Å². The van der Waals surface area contributed by atoms with E-state index >= 15 is 0 Å². The standard InChI is InChI=1S/C20H15FN2O4/c21-18-12-17(23(25)26)9-10-19(18)27-13-14-5-4-6-15(11-14)20(24)22-16-7-2-1-3-8-16/h1-12H,13H2,(H,22,24). The van der Waals surface area contributed by atoms with Gasteiger partial charge in [0, 0.05) is 17.3 Å². The third kappa shape index (κ3) is 4.66. The van der Waals surface area contributed by atoms with Crippen LogP contribution in [-0.2, 0) is 6.61 Å². The fourth-order valence-corrected chi connectivity index (χ4v) is 2.41. The lowest BCUT2D eigenvalue weighted by atomic mass is 10.1. The maximum absolute atomic E-state index is 13.9. The average molecular weight is 366 g/mol. The highest BCUT2D eigenvalue weighted by Gasteiger charge is 2.12. The van der Waals surface area contributed by atoms with Gasteiger partial charge in [-0.15, -0.1) is 0 Å². The van der Waals surface area contributed by atoms with E-state index < -0.39 is 10.7 Å². The number of ether oxygens (including phenoxy) is 1. The Morgan fingerprint density at radius 2 is 1.81 bits per heavy atom. The van der Waals surface area contributed by atoms with Crippen molar-refractivity contribution in [2.75, 3.05) is 5.32 Å². The predicted octanol–water partition coefficient (Wildman–Crippen LogP) is 4.57. The van der Waals surface area contributed by atoms with Crippen LogP contribution in [-0.4, -0.2) is 10.8 Å². The van der Waals surface area contributed by atoms with E-state index in [1.807, 2.05) is 18.2 Å². The Hall–Kier alpha value is -3.74. The van der Waals surface area contributed by atoms with Crippen LogP contribution in [0.25, 0.3) is 0 Å². The molecule has 3 aromatic carbocycles. The minimum atomic E-state index is -0.817. The second-order valence-electron chi connectivity index (χ2n) is 5.68. The van der Waals surface area contributed by atoms with Crippen LogP contribution >= 0.6 is 0 Å². The van der Waals surface area contributed by atoms with Gasteiger partial charge in [0.15, 0.2) is 11.6 Å². The second-order valence-corrected chi connectivity index (χ2v) is 5.68. The summed E-state index contributed by atoms with van der Waals surface area (Å²) < 4.78 is 19.3. The molecule has 0 aliphatic rings. The number of amides is 1. The highest BCUT2D eigenvalue weighted by molar-refractivity contribution is 6.04. The Morgan fingerprint density at radius 3 is 2.52 bits per heavy atom. The monoisotopic (exact) mass is 366 g/mol. The van der Waals surface area contributed by atoms with Crippen LogP contribution < -0.4 is 10.1 Å². The summed E-state index contributed by atoms with van der Waals surface area (Å²) in [5.41, 5.74) is 1.43. The number of carbonyl (C=O) groups is 1. The van der Waals surface area contributed by atoms with Crippen LogP contribution in [0.2, 0.25) is 0 Å². The normalized spacial score (nSPS) is 10.3. The number of rotatable bonds is 6. The summed E-state index contributed by atoms with van der Waals surface area (Å²) in [7, 11) is 0. The van der Waals surface area contributed by atoms with E-state index in [4.69, 9.17) is 4.74 Å². The topological polar surface area (TPSA) is 81.5 Å². The van der Waals surface area contributed by atoms with Gasteiger partial charge in [0.25, 0.3) is 11.6 Å². The van der Waals surface area contributed by atoms with Crippen LogP contribution in [0.5, 0.6) is 5.75 Å². The maximum Gasteiger partial charge on any atom is 0.272 e. The van der Waals surface area contributed by atoms with E-state index in [0.29, 0.717) is 16.8 Å². The van der Waals surface area contributed by atoms with Gasteiger partial charge in [0.2, 0.25) is 0 Å². The molecular weight excluding hydrogens is 351 g/mol. The van der Waals surface area contributed by atoms with E-state index in [-0.39, 0.29) is 24.0 Å². The van der Waals surface area contributed by atoms with Crippen molar-refractivity contribution < 1.29 is 18.8 Å². The molecule has 0 fully saturated rings. The number of hydrogen-bond donors (Lipinski definition) is 1. The summed E-state index contributed by atoms with van der Waals surface area (Å²) in [6.45, 7) is 0.0151. The molecule has 0 unspecified atom stereocenters. The van der Waals surface area contributed by atoms with Gasteiger partial charge in [0.1, 0.15) is 6.61 Å². The molecule has 6 nitrogen and oxygen atoms in total. The van der Waals surface area contributed by atoms with Gasteiger partial charge < -0.3 is 10.1 Å². The number of anilines is 1. The molecule has 136 valence electrons. The van der Waals surface area contributed by atoms with Gasteiger partial charge in [-0.25, -0.2) is 4.39 Å². The van der Waals surface area contributed by atoms with Gasteiger partial charge in [0.05, 0.1) is 11.0 Å². The quantitative estimate of drug-likeness (QED) is 0.512. The smallest absolute Gasteiger partial charge is 0.272 e. The average Bonchev–Trinajstić information content (AvgIpc) is 2.68. The lowest BCUT2D eigenvalue weighted by Crippen LogP contribution is -2.12. The molecule has 0 bridgehead atoms. The maximum atomic E-state index is 13.9. The Kier molecular flexibility index (Phi) is 5.41. The van der Waals surface area contributed by atoms with E-state index in [1.165, 1.54) is 12.1 Å². The molecular formula is C20H15FN2O4. The minimum absolute atomic E-state index is 0.0151. The number of para-hydroxylation sites is 1. The first kappa shape index (κ1) is 18.1. The molecule has 0 saturated carbocycles. The molecule has 1 N–H and O–H groups in total. The molecule has 0 aliphatic carbocycles. The van der Waals surface area contributed by atoms with E-state index in [9.17, 15) is 19.3 Å². The Labute approximate surface area is 154 Å². The molecule has 0 heterocycles. The number of nitro benzene ring substituents is 1. The molecule has 0 saturated heterocycles. The number of non-ortho nitro benzene ring substituents is 1. The molecule has 3 aromatic rings. The van der Waals surface area contributed by atoms with Crippen LogP contribution in [0.1, 0.15) is 15.9 Å². The molecule has 0 aromatic heterocycles. The van der Waals surface area contributed by atoms with E-state index in [0.717, 1.165) is 6.07 Å². The third-order valence-corrected chi connectivity index (χ3v) is 3.74. The molecule has 0 aliphatic heterocycles.